The van der Waals surface area contributed by atoms with Crippen molar-refractivity contribution in [3.05, 3.63) is 99.0 Å². The maximum atomic E-state index is 12.2. The molecule has 0 aliphatic carbocycles. The molecule has 2 N–H and O–H groups in total. The molecule has 38 heavy (non-hydrogen) atoms. The molecule has 0 fully saturated rings. The van der Waals surface area contributed by atoms with Gasteiger partial charge in [0, 0.05) is 10.7 Å². The lowest BCUT2D eigenvalue weighted by molar-refractivity contribution is -0.136. The lowest BCUT2D eigenvalue weighted by atomic mass is 10.1. The van der Waals surface area contributed by atoms with Gasteiger partial charge in [0.2, 0.25) is 0 Å². The lowest BCUT2D eigenvalue weighted by Gasteiger charge is -2.15. The maximum Gasteiger partial charge on any atom is 0.329 e. The van der Waals surface area contributed by atoms with E-state index in [-0.39, 0.29) is 0 Å². The van der Waals surface area contributed by atoms with E-state index in [0.717, 1.165) is 16.3 Å². The Labute approximate surface area is 233 Å². The quantitative estimate of drug-likeness (QED) is 0.136. The zero-order chi connectivity index (χ0) is 27.1. The SMILES string of the molecule is CCOc1cc(/C=N/NC(=O)C(=O)Nc2cccc(Cl)c2C)cc(Br)c1OCc1cccc2ccccc12. The molecule has 4 aromatic rings. The van der Waals surface area contributed by atoms with Crippen LogP contribution in [0, 0.1) is 6.92 Å². The van der Waals surface area contributed by atoms with Crippen molar-refractivity contribution in [1.29, 1.82) is 0 Å². The highest BCUT2D eigenvalue weighted by Gasteiger charge is 2.16. The zero-order valence-electron chi connectivity index (χ0n) is 20.8. The van der Waals surface area contributed by atoms with Gasteiger partial charge in [0.05, 0.1) is 17.3 Å². The summed E-state index contributed by atoms with van der Waals surface area (Å²) in [5.41, 5.74) is 5.03. The topological polar surface area (TPSA) is 89.0 Å². The van der Waals surface area contributed by atoms with E-state index < -0.39 is 11.8 Å². The molecule has 2 amide bonds. The number of nitrogens with zero attached hydrogens (tertiary/aromatic N) is 1. The van der Waals surface area contributed by atoms with E-state index in [4.69, 9.17) is 21.1 Å². The van der Waals surface area contributed by atoms with Crippen LogP contribution in [0.2, 0.25) is 5.02 Å². The van der Waals surface area contributed by atoms with E-state index in [1.54, 1.807) is 37.3 Å². The molecule has 0 bridgehead atoms. The molecule has 0 aliphatic rings. The first kappa shape index (κ1) is 27.2. The molecule has 0 aromatic heterocycles. The summed E-state index contributed by atoms with van der Waals surface area (Å²) in [6.45, 7) is 4.41. The van der Waals surface area contributed by atoms with Gasteiger partial charge in [-0.05, 0) is 81.5 Å². The largest absolute Gasteiger partial charge is 0.490 e. The minimum absolute atomic E-state index is 0.352. The molecule has 0 saturated heterocycles. The molecule has 4 aromatic carbocycles. The monoisotopic (exact) mass is 593 g/mol. The van der Waals surface area contributed by atoms with Gasteiger partial charge in [-0.1, -0.05) is 60.1 Å². The molecule has 0 aliphatic heterocycles. The molecule has 0 saturated carbocycles. The van der Waals surface area contributed by atoms with Gasteiger partial charge in [0.15, 0.2) is 11.5 Å². The van der Waals surface area contributed by atoms with Crippen molar-refractivity contribution >= 4 is 62.0 Å². The molecule has 0 radical (unpaired) electrons. The van der Waals surface area contributed by atoms with Crippen molar-refractivity contribution < 1.29 is 19.1 Å². The summed E-state index contributed by atoms with van der Waals surface area (Å²) in [4.78, 5) is 24.5. The number of carbonyl (C=O) groups excluding carboxylic acids is 2. The number of benzene rings is 4. The number of rotatable bonds is 8. The summed E-state index contributed by atoms with van der Waals surface area (Å²) in [6.07, 6.45) is 1.41. The van der Waals surface area contributed by atoms with Crippen molar-refractivity contribution in [2.24, 2.45) is 5.10 Å². The Kier molecular flexibility index (Phi) is 8.99. The molecule has 0 unspecified atom stereocenters. The van der Waals surface area contributed by atoms with Crippen LogP contribution in [0.15, 0.2) is 82.4 Å². The number of anilines is 1. The summed E-state index contributed by atoms with van der Waals surface area (Å²) < 4.78 is 12.6. The standard InChI is InChI=1S/C29H25BrClN3O4/c1-3-37-26-15-19(16-32-34-29(36)28(35)33-25-13-7-12-24(31)18(25)2)14-23(30)27(26)38-17-21-10-6-9-20-8-4-5-11-22(20)21/h4-16H,3,17H2,1-2H3,(H,33,35)(H,34,36)/b32-16+. The average molecular weight is 595 g/mol. The fourth-order valence-electron chi connectivity index (χ4n) is 3.77. The number of nitrogens with one attached hydrogen (secondary N) is 2. The van der Waals surface area contributed by atoms with Crippen molar-refractivity contribution in [2.75, 3.05) is 11.9 Å². The third-order valence-electron chi connectivity index (χ3n) is 5.69. The van der Waals surface area contributed by atoms with Crippen molar-refractivity contribution in [3.63, 3.8) is 0 Å². The Morgan fingerprint density at radius 1 is 1.00 bits per heavy atom. The first-order valence-corrected chi connectivity index (χ1v) is 13.0. The highest BCUT2D eigenvalue weighted by atomic mass is 79.9. The number of halogens is 2. The Hall–Kier alpha value is -3.88. The van der Waals surface area contributed by atoms with Gasteiger partial charge >= 0.3 is 11.8 Å². The molecule has 0 heterocycles. The predicted octanol–water partition coefficient (Wildman–Crippen LogP) is 6.63. The minimum atomic E-state index is -0.917. The van der Waals surface area contributed by atoms with E-state index in [1.165, 1.54) is 6.21 Å². The lowest BCUT2D eigenvalue weighted by Crippen LogP contribution is -2.32. The van der Waals surface area contributed by atoms with Crippen LogP contribution in [-0.4, -0.2) is 24.6 Å². The van der Waals surface area contributed by atoms with Crippen LogP contribution < -0.4 is 20.2 Å². The fourth-order valence-corrected chi connectivity index (χ4v) is 4.52. The predicted molar refractivity (Wildman–Crippen MR) is 154 cm³/mol. The second-order valence-corrected chi connectivity index (χ2v) is 9.52. The Bertz CT molecular complexity index is 1520. The molecular weight excluding hydrogens is 570 g/mol. The molecule has 194 valence electrons. The zero-order valence-corrected chi connectivity index (χ0v) is 23.1. The Morgan fingerprint density at radius 3 is 2.58 bits per heavy atom. The van der Waals surface area contributed by atoms with E-state index in [2.05, 4.69) is 50.0 Å². The van der Waals surface area contributed by atoms with Gasteiger partial charge in [-0.3, -0.25) is 9.59 Å². The molecule has 4 rings (SSSR count). The normalized spacial score (nSPS) is 10.9. The number of hydrogen-bond donors (Lipinski definition) is 2. The van der Waals surface area contributed by atoms with Gasteiger partial charge in [0.25, 0.3) is 0 Å². The third-order valence-corrected chi connectivity index (χ3v) is 6.68. The molecule has 9 heteroatoms. The van der Waals surface area contributed by atoms with E-state index in [0.29, 0.717) is 51.0 Å². The van der Waals surface area contributed by atoms with Gasteiger partial charge in [-0.2, -0.15) is 5.10 Å². The van der Waals surface area contributed by atoms with Crippen LogP contribution in [0.5, 0.6) is 11.5 Å². The number of hydrogen-bond acceptors (Lipinski definition) is 5. The van der Waals surface area contributed by atoms with Crippen LogP contribution in [0.25, 0.3) is 10.8 Å². The number of hydrazone groups is 1. The van der Waals surface area contributed by atoms with Crippen LogP contribution in [-0.2, 0) is 16.2 Å². The third kappa shape index (κ3) is 6.51. The van der Waals surface area contributed by atoms with Crippen LogP contribution in [0.3, 0.4) is 0 Å². The first-order valence-electron chi connectivity index (χ1n) is 11.8. The van der Waals surface area contributed by atoms with Gasteiger partial charge in [0.1, 0.15) is 6.61 Å². The minimum Gasteiger partial charge on any atom is -0.490 e. The van der Waals surface area contributed by atoms with Crippen molar-refractivity contribution in [3.8, 4) is 11.5 Å². The van der Waals surface area contributed by atoms with E-state index in [1.807, 2.05) is 31.2 Å². The Morgan fingerprint density at radius 2 is 1.76 bits per heavy atom. The summed E-state index contributed by atoms with van der Waals surface area (Å²) >= 11 is 9.62. The maximum absolute atomic E-state index is 12.2. The highest BCUT2D eigenvalue weighted by molar-refractivity contribution is 9.10. The number of fused-ring (bicyclic) bond motifs is 1. The van der Waals surface area contributed by atoms with Gasteiger partial charge in [-0.25, -0.2) is 5.43 Å². The summed E-state index contributed by atoms with van der Waals surface area (Å²) in [5.74, 6) is -0.707. The average Bonchev–Trinajstić information content (AvgIpc) is 2.91. The summed E-state index contributed by atoms with van der Waals surface area (Å²) in [7, 11) is 0. The van der Waals surface area contributed by atoms with Gasteiger partial charge in [-0.15, -0.1) is 0 Å². The van der Waals surface area contributed by atoms with Crippen LogP contribution in [0.1, 0.15) is 23.6 Å². The van der Waals surface area contributed by atoms with E-state index in [9.17, 15) is 9.59 Å². The Balaban J connectivity index is 1.44. The smallest absolute Gasteiger partial charge is 0.329 e. The summed E-state index contributed by atoms with van der Waals surface area (Å²) in [6, 6.07) is 22.8. The summed E-state index contributed by atoms with van der Waals surface area (Å²) in [5, 5.41) is 9.19. The number of carbonyl (C=O) groups is 2. The van der Waals surface area contributed by atoms with Crippen molar-refractivity contribution in [1.82, 2.24) is 5.43 Å². The van der Waals surface area contributed by atoms with E-state index >= 15 is 0 Å². The fraction of sp³-hybridized carbons (Fsp3) is 0.138. The highest BCUT2D eigenvalue weighted by Crippen LogP contribution is 2.37. The molecular formula is C29H25BrClN3O4. The number of ether oxygens (including phenoxy) is 2. The van der Waals surface area contributed by atoms with Crippen LogP contribution in [0.4, 0.5) is 5.69 Å². The molecule has 0 atom stereocenters. The molecule has 0 spiro atoms. The first-order chi connectivity index (χ1) is 18.4. The van der Waals surface area contributed by atoms with Crippen LogP contribution >= 0.6 is 27.5 Å². The van der Waals surface area contributed by atoms with Gasteiger partial charge < -0.3 is 14.8 Å². The second-order valence-electron chi connectivity index (χ2n) is 8.26. The number of amides is 2. The van der Waals surface area contributed by atoms with Crippen molar-refractivity contribution in [2.45, 2.75) is 20.5 Å². The second kappa shape index (κ2) is 12.6. The molecule has 7 nitrogen and oxygen atoms in total.